The van der Waals surface area contributed by atoms with Crippen molar-refractivity contribution >= 4 is 39.0 Å². The normalized spacial score (nSPS) is 21.4. The number of para-hydroxylation sites is 1. The van der Waals surface area contributed by atoms with Crippen LogP contribution in [0.25, 0.3) is 55.3 Å². The van der Waals surface area contributed by atoms with E-state index >= 15 is 0 Å². The number of rotatable bonds is 5. The van der Waals surface area contributed by atoms with Gasteiger partial charge in [0.05, 0.1) is 5.69 Å². The van der Waals surface area contributed by atoms with Gasteiger partial charge < -0.3 is 9.32 Å². The van der Waals surface area contributed by atoms with Crippen molar-refractivity contribution < 1.29 is 4.42 Å². The third kappa shape index (κ3) is 6.20. The average Bonchev–Trinajstić information content (AvgIpc) is 4.16. The molecule has 2 bridgehead atoms. The van der Waals surface area contributed by atoms with E-state index in [1.54, 1.807) is 5.56 Å². The zero-order valence-corrected chi connectivity index (χ0v) is 41.7. The Kier molecular flexibility index (Phi) is 9.21. The largest absolute Gasteiger partial charge is 0.454 e. The van der Waals surface area contributed by atoms with Crippen LogP contribution in [0.2, 0.25) is 0 Å². The van der Waals surface area contributed by atoms with Gasteiger partial charge in [-0.15, -0.1) is 0 Å². The van der Waals surface area contributed by atoms with Gasteiger partial charge in [-0.1, -0.05) is 172 Å². The Balaban J connectivity index is 1.05. The Labute approximate surface area is 404 Å². The van der Waals surface area contributed by atoms with E-state index in [2.05, 4.69) is 194 Å². The molecular weight excluding hydrogens is 823 g/mol. The minimum Gasteiger partial charge on any atom is -0.454 e. The fourth-order valence-corrected chi connectivity index (χ4v) is 14.4. The Morgan fingerprint density at radius 3 is 1.79 bits per heavy atom. The molecule has 0 N–H and O–H groups in total. The molecule has 0 amide bonds. The van der Waals surface area contributed by atoms with Crippen molar-refractivity contribution in [2.75, 3.05) is 4.90 Å². The highest BCUT2D eigenvalue weighted by molar-refractivity contribution is 6.12. The summed E-state index contributed by atoms with van der Waals surface area (Å²) in [5.74, 6) is 1.96. The van der Waals surface area contributed by atoms with Gasteiger partial charge in [0.1, 0.15) is 5.58 Å². The van der Waals surface area contributed by atoms with Crippen molar-refractivity contribution in [3.8, 4) is 33.4 Å². The van der Waals surface area contributed by atoms with Gasteiger partial charge in [0, 0.05) is 33.0 Å². The predicted octanol–water partition coefficient (Wildman–Crippen LogP) is 18.8. The van der Waals surface area contributed by atoms with E-state index in [4.69, 9.17) is 4.42 Å². The first kappa shape index (κ1) is 42.3. The number of benzene rings is 7. The molecule has 8 aromatic rings. The second-order valence-corrected chi connectivity index (χ2v) is 24.4. The van der Waals surface area contributed by atoms with Crippen LogP contribution in [0.15, 0.2) is 138 Å². The van der Waals surface area contributed by atoms with Gasteiger partial charge in [-0.05, 0) is 175 Å². The number of hydrogen-bond donors (Lipinski definition) is 0. The Hall–Kier alpha value is -5.86. The van der Waals surface area contributed by atoms with E-state index in [0.717, 1.165) is 22.8 Å². The third-order valence-corrected chi connectivity index (χ3v) is 18.0. The van der Waals surface area contributed by atoms with Gasteiger partial charge in [0.2, 0.25) is 0 Å². The van der Waals surface area contributed by atoms with E-state index in [-0.39, 0.29) is 21.7 Å². The van der Waals surface area contributed by atoms with Crippen LogP contribution >= 0.6 is 0 Å². The molecule has 0 radical (unpaired) electrons. The smallest absolute Gasteiger partial charge is 0.159 e. The van der Waals surface area contributed by atoms with Crippen LogP contribution in [0.5, 0.6) is 0 Å². The summed E-state index contributed by atoms with van der Waals surface area (Å²) in [5.41, 5.74) is 23.8. The molecule has 1 heterocycles. The highest BCUT2D eigenvalue weighted by Gasteiger charge is 2.57. The summed E-state index contributed by atoms with van der Waals surface area (Å²) < 4.78 is 7.56. The van der Waals surface area contributed by atoms with Crippen molar-refractivity contribution in [1.29, 1.82) is 0 Å². The van der Waals surface area contributed by atoms with E-state index in [9.17, 15) is 0 Å². The van der Waals surface area contributed by atoms with Crippen molar-refractivity contribution in [2.45, 2.75) is 141 Å². The zero-order valence-electron chi connectivity index (χ0n) is 41.7. The zero-order chi connectivity index (χ0) is 46.5. The monoisotopic (exact) mass is 890 g/mol. The molecule has 0 aliphatic heterocycles. The highest BCUT2D eigenvalue weighted by atomic mass is 16.3. The molecule has 3 atom stereocenters. The van der Waals surface area contributed by atoms with Crippen LogP contribution < -0.4 is 4.90 Å². The summed E-state index contributed by atoms with van der Waals surface area (Å²) in [7, 11) is 0. The van der Waals surface area contributed by atoms with Gasteiger partial charge in [-0.2, -0.15) is 0 Å². The van der Waals surface area contributed by atoms with Gasteiger partial charge >= 0.3 is 0 Å². The van der Waals surface area contributed by atoms with Crippen molar-refractivity contribution in [2.24, 2.45) is 11.8 Å². The molecule has 1 spiro atoms. The molecule has 3 saturated carbocycles. The molecule has 13 rings (SSSR count). The van der Waals surface area contributed by atoms with E-state index in [1.165, 1.54) is 147 Å². The Morgan fingerprint density at radius 1 is 0.515 bits per heavy atom. The van der Waals surface area contributed by atoms with Gasteiger partial charge in [0.25, 0.3) is 0 Å². The lowest BCUT2D eigenvalue weighted by Crippen LogP contribution is -2.32. The molecule has 7 aromatic carbocycles. The topological polar surface area (TPSA) is 16.4 Å². The maximum atomic E-state index is 7.56. The molecule has 0 saturated heterocycles. The predicted molar refractivity (Wildman–Crippen MR) is 286 cm³/mol. The molecule has 2 heteroatoms. The van der Waals surface area contributed by atoms with Gasteiger partial charge in [-0.25, -0.2) is 0 Å². The molecular formula is C66H67NO. The first-order valence-electron chi connectivity index (χ1n) is 26.1. The molecule has 2 nitrogen and oxygen atoms in total. The fraction of sp³-hybridized carbons (Fsp3) is 0.364. The lowest BCUT2D eigenvalue weighted by atomic mass is 9.67. The standard InChI is InChI=1S/C66H67NO/c1-63(2,3)45-32-42(33-46(36-45)64(4,5)6)43-34-54(41-17-10-9-11-18-41)61-55(35-43)53-21-16-24-60(62(53)68-61)67(47-27-29-51-49-19-12-14-22-56(49)65(7,8)58(51)37-47)48-28-30-52-50-20-13-15-23-57(50)66(59(52)38-48)39-40-25-26-44(66)31-40/h12-16,19-24,27-30,32-38,40-41,44H,9-11,17-18,25-26,31,39H2,1-8H3. The second-order valence-electron chi connectivity index (χ2n) is 24.4. The minimum atomic E-state index is -0.131. The number of fused-ring (bicyclic) bond motifs is 14. The summed E-state index contributed by atoms with van der Waals surface area (Å²) >= 11 is 0. The van der Waals surface area contributed by atoms with Crippen LogP contribution in [0.1, 0.15) is 158 Å². The molecule has 5 aliphatic carbocycles. The fourth-order valence-electron chi connectivity index (χ4n) is 14.4. The summed E-state index contributed by atoms with van der Waals surface area (Å²) in [5, 5.41) is 2.42. The van der Waals surface area contributed by atoms with Crippen LogP contribution in [0, 0.1) is 11.8 Å². The quantitative estimate of drug-likeness (QED) is 0.171. The Bertz CT molecular complexity index is 3320. The highest BCUT2D eigenvalue weighted by Crippen LogP contribution is 2.66. The molecule has 3 unspecified atom stereocenters. The number of anilines is 3. The van der Waals surface area contributed by atoms with Crippen LogP contribution in [0.3, 0.4) is 0 Å². The molecule has 3 fully saturated rings. The first-order chi connectivity index (χ1) is 32.7. The number of nitrogens with zero attached hydrogens (tertiary/aromatic N) is 1. The summed E-state index contributed by atoms with van der Waals surface area (Å²) in [6.07, 6.45) is 11.6. The molecule has 68 heavy (non-hydrogen) atoms. The van der Waals surface area contributed by atoms with Crippen LogP contribution in [-0.4, -0.2) is 0 Å². The number of furan rings is 1. The van der Waals surface area contributed by atoms with Crippen molar-refractivity contribution in [3.05, 3.63) is 172 Å². The average molecular weight is 890 g/mol. The summed E-state index contributed by atoms with van der Waals surface area (Å²) in [6.45, 7) is 18.9. The Morgan fingerprint density at radius 2 is 1.13 bits per heavy atom. The summed E-state index contributed by atoms with van der Waals surface area (Å²) in [6, 6.07) is 52.6. The SMILES string of the molecule is CC(C)(C)c1cc(-c2cc(C3CCCCC3)c3oc4c(N(c5ccc6c(c5)C(C)(C)c5ccccc5-6)c5ccc6c(c5)C5(CC7CCC5C7)c5ccccc5-6)cccc4c3c2)cc(C(C)(C)C)c1. The van der Waals surface area contributed by atoms with Gasteiger partial charge in [-0.3, -0.25) is 0 Å². The maximum Gasteiger partial charge on any atom is 0.159 e. The first-order valence-corrected chi connectivity index (χ1v) is 26.1. The molecule has 342 valence electrons. The summed E-state index contributed by atoms with van der Waals surface area (Å²) in [4.78, 5) is 2.57. The number of hydrogen-bond acceptors (Lipinski definition) is 2. The van der Waals surface area contributed by atoms with Crippen LogP contribution in [0.4, 0.5) is 17.1 Å². The van der Waals surface area contributed by atoms with E-state index in [1.807, 2.05) is 0 Å². The minimum absolute atomic E-state index is 0.0277. The van der Waals surface area contributed by atoms with E-state index in [0.29, 0.717) is 11.8 Å². The lowest BCUT2D eigenvalue weighted by Gasteiger charge is -2.37. The van der Waals surface area contributed by atoms with Crippen LogP contribution in [-0.2, 0) is 21.7 Å². The van der Waals surface area contributed by atoms with Crippen molar-refractivity contribution in [3.63, 3.8) is 0 Å². The molecule has 5 aliphatic rings. The maximum absolute atomic E-state index is 7.56. The molecule has 1 aromatic heterocycles. The second kappa shape index (κ2) is 14.8. The van der Waals surface area contributed by atoms with E-state index < -0.39 is 0 Å². The lowest BCUT2D eigenvalue weighted by molar-refractivity contribution is 0.327. The van der Waals surface area contributed by atoms with Crippen molar-refractivity contribution in [1.82, 2.24) is 0 Å². The van der Waals surface area contributed by atoms with Gasteiger partial charge in [0.15, 0.2) is 5.58 Å². The third-order valence-electron chi connectivity index (χ3n) is 18.0.